The largest absolute Gasteiger partial charge is 0.336 e. The molecule has 2 aromatic rings. The van der Waals surface area contributed by atoms with E-state index in [9.17, 15) is 4.79 Å². The molecule has 3 fully saturated rings. The number of likely N-dealkylation sites (tertiary alicyclic amines) is 2. The average Bonchev–Trinajstić information content (AvgIpc) is 3.42. The Hall–Kier alpha value is -1.65. The number of carbonyl (C=O) groups excluding carboxylic acids is 1. The van der Waals surface area contributed by atoms with Crippen molar-refractivity contribution in [2.45, 2.75) is 50.6 Å². The van der Waals surface area contributed by atoms with Crippen molar-refractivity contribution in [1.29, 1.82) is 0 Å². The van der Waals surface area contributed by atoms with Crippen molar-refractivity contribution < 1.29 is 4.79 Å². The van der Waals surface area contributed by atoms with E-state index in [0.29, 0.717) is 24.2 Å². The third-order valence-corrected chi connectivity index (χ3v) is 8.10. The summed E-state index contributed by atoms with van der Waals surface area (Å²) in [6, 6.07) is 13.0. The maximum Gasteiger partial charge on any atom is 0.227 e. The molecule has 5 rings (SSSR count). The number of fused-ring (bicyclic) bond motifs is 2. The minimum absolute atomic E-state index is 0.126. The van der Waals surface area contributed by atoms with Crippen LogP contribution in [0.25, 0.3) is 0 Å². The Labute approximate surface area is 172 Å². The molecular formula is C24H30N2OS. The van der Waals surface area contributed by atoms with Crippen molar-refractivity contribution in [2.75, 3.05) is 19.6 Å². The van der Waals surface area contributed by atoms with Gasteiger partial charge in [0.05, 0.1) is 6.42 Å². The summed E-state index contributed by atoms with van der Waals surface area (Å²) >= 11 is 1.69. The lowest BCUT2D eigenvalue weighted by Gasteiger charge is -2.45. The van der Waals surface area contributed by atoms with Crippen molar-refractivity contribution >= 4 is 17.2 Å². The van der Waals surface area contributed by atoms with Gasteiger partial charge in [0.1, 0.15) is 0 Å². The van der Waals surface area contributed by atoms with Crippen LogP contribution in [0, 0.1) is 11.8 Å². The summed E-state index contributed by atoms with van der Waals surface area (Å²) in [4.78, 5) is 18.3. The van der Waals surface area contributed by atoms with Crippen LogP contribution in [-0.4, -0.2) is 40.9 Å². The van der Waals surface area contributed by atoms with Gasteiger partial charge in [0.15, 0.2) is 0 Å². The molecule has 1 aromatic carbocycles. The molecule has 1 aliphatic carbocycles. The predicted molar refractivity (Wildman–Crippen MR) is 114 cm³/mol. The van der Waals surface area contributed by atoms with Gasteiger partial charge >= 0.3 is 0 Å². The maximum absolute atomic E-state index is 13.3. The van der Waals surface area contributed by atoms with E-state index in [0.717, 1.165) is 26.2 Å². The smallest absolute Gasteiger partial charge is 0.227 e. The van der Waals surface area contributed by atoms with Gasteiger partial charge in [-0.2, -0.15) is 11.3 Å². The van der Waals surface area contributed by atoms with Gasteiger partial charge < -0.3 is 4.90 Å². The molecule has 2 saturated heterocycles. The Morgan fingerprint density at radius 3 is 2.57 bits per heavy atom. The molecule has 4 heteroatoms. The zero-order valence-electron chi connectivity index (χ0n) is 16.6. The summed E-state index contributed by atoms with van der Waals surface area (Å²) < 4.78 is 0. The molecule has 0 radical (unpaired) electrons. The van der Waals surface area contributed by atoms with Crippen LogP contribution in [0.3, 0.4) is 0 Å². The first-order valence-electron chi connectivity index (χ1n) is 10.8. The quantitative estimate of drug-likeness (QED) is 0.758. The Kier molecular flexibility index (Phi) is 5.02. The van der Waals surface area contributed by atoms with Crippen molar-refractivity contribution in [3.8, 4) is 0 Å². The molecule has 0 bridgehead atoms. The van der Waals surface area contributed by atoms with Gasteiger partial charge in [-0.15, -0.1) is 0 Å². The van der Waals surface area contributed by atoms with Crippen molar-refractivity contribution in [2.24, 2.45) is 11.8 Å². The van der Waals surface area contributed by atoms with Crippen LogP contribution in [-0.2, 0) is 17.8 Å². The first-order valence-corrected chi connectivity index (χ1v) is 11.8. The summed E-state index contributed by atoms with van der Waals surface area (Å²) in [5.41, 5.74) is 2.72. The highest BCUT2D eigenvalue weighted by atomic mass is 32.1. The van der Waals surface area contributed by atoms with Gasteiger partial charge in [0.25, 0.3) is 0 Å². The van der Waals surface area contributed by atoms with Gasteiger partial charge in [0.2, 0.25) is 5.91 Å². The minimum Gasteiger partial charge on any atom is -0.336 e. The molecule has 148 valence electrons. The molecule has 3 aliphatic rings. The molecule has 1 saturated carbocycles. The Balaban J connectivity index is 1.34. The normalized spacial score (nSPS) is 26.6. The molecule has 1 aromatic heterocycles. The number of carbonyl (C=O) groups is 1. The monoisotopic (exact) mass is 394 g/mol. The molecule has 2 unspecified atom stereocenters. The molecule has 3 nitrogen and oxygen atoms in total. The van der Waals surface area contributed by atoms with E-state index in [1.165, 1.54) is 43.2 Å². The number of amides is 1. The number of benzene rings is 1. The second-order valence-electron chi connectivity index (χ2n) is 9.02. The first-order chi connectivity index (χ1) is 13.7. The Morgan fingerprint density at radius 2 is 1.82 bits per heavy atom. The number of rotatable bonds is 4. The number of thiophene rings is 1. The van der Waals surface area contributed by atoms with Crippen LogP contribution >= 0.6 is 11.3 Å². The number of hydrogen-bond donors (Lipinski definition) is 0. The lowest BCUT2D eigenvalue weighted by molar-refractivity contribution is -0.137. The molecule has 0 N–H and O–H groups in total. The molecular weight excluding hydrogens is 364 g/mol. The van der Waals surface area contributed by atoms with E-state index in [2.05, 4.69) is 57.0 Å². The van der Waals surface area contributed by atoms with Gasteiger partial charge in [-0.1, -0.05) is 49.6 Å². The fourth-order valence-corrected chi connectivity index (χ4v) is 6.83. The third-order valence-electron chi connectivity index (χ3n) is 7.37. The van der Waals surface area contributed by atoms with Crippen LogP contribution in [0.1, 0.15) is 43.2 Å². The van der Waals surface area contributed by atoms with Crippen molar-refractivity contribution in [3.05, 3.63) is 58.3 Å². The van der Waals surface area contributed by atoms with Crippen LogP contribution in [0.5, 0.6) is 0 Å². The average molecular weight is 395 g/mol. The van der Waals surface area contributed by atoms with E-state index in [-0.39, 0.29) is 5.54 Å². The van der Waals surface area contributed by atoms with E-state index < -0.39 is 0 Å². The summed E-state index contributed by atoms with van der Waals surface area (Å²) in [7, 11) is 0. The summed E-state index contributed by atoms with van der Waals surface area (Å²) in [5, 5.41) is 4.21. The zero-order chi connectivity index (χ0) is 19.0. The number of nitrogens with zero attached hydrogens (tertiary/aromatic N) is 2. The van der Waals surface area contributed by atoms with Crippen LogP contribution in [0.15, 0.2) is 47.2 Å². The van der Waals surface area contributed by atoms with Crippen LogP contribution in [0.4, 0.5) is 0 Å². The fraction of sp³-hybridized carbons (Fsp3) is 0.542. The van der Waals surface area contributed by atoms with Crippen molar-refractivity contribution in [3.63, 3.8) is 0 Å². The van der Waals surface area contributed by atoms with Crippen LogP contribution < -0.4 is 0 Å². The van der Waals surface area contributed by atoms with Gasteiger partial charge in [-0.05, 0) is 46.7 Å². The minimum atomic E-state index is 0.126. The molecule has 1 spiro atoms. The van der Waals surface area contributed by atoms with E-state index in [1.807, 2.05) is 0 Å². The summed E-state index contributed by atoms with van der Waals surface area (Å²) in [6.45, 7) is 4.32. The second kappa shape index (κ2) is 7.64. The summed E-state index contributed by atoms with van der Waals surface area (Å²) in [5.74, 6) is 1.67. The van der Waals surface area contributed by atoms with E-state index >= 15 is 0 Å². The Morgan fingerprint density at radius 1 is 1.00 bits per heavy atom. The van der Waals surface area contributed by atoms with Gasteiger partial charge in [-0.3, -0.25) is 9.69 Å². The highest BCUT2D eigenvalue weighted by Crippen LogP contribution is 2.51. The third kappa shape index (κ3) is 3.31. The highest BCUT2D eigenvalue weighted by molar-refractivity contribution is 7.08. The van der Waals surface area contributed by atoms with Crippen LogP contribution in [0.2, 0.25) is 0 Å². The molecule has 3 heterocycles. The Bertz CT molecular complexity index is 797. The van der Waals surface area contributed by atoms with Gasteiger partial charge in [-0.25, -0.2) is 0 Å². The SMILES string of the molecule is O=C(Cc1ccsc1)N1CC2CN(Cc3ccccc3)CC2C12CCCCC2. The molecule has 28 heavy (non-hydrogen) atoms. The van der Waals surface area contributed by atoms with E-state index in [4.69, 9.17) is 0 Å². The van der Waals surface area contributed by atoms with Crippen molar-refractivity contribution in [1.82, 2.24) is 9.80 Å². The molecule has 2 atom stereocenters. The standard InChI is InChI=1S/C24H30N2OS/c27-23(13-20-9-12-28-18-20)26-16-21-15-25(14-19-7-3-1-4-8-19)17-22(21)24(26)10-5-2-6-11-24/h1,3-4,7-9,12,18,21-22H,2,5-6,10-11,13-17H2. The molecule has 1 amide bonds. The first kappa shape index (κ1) is 18.4. The zero-order valence-corrected chi connectivity index (χ0v) is 17.4. The summed E-state index contributed by atoms with van der Waals surface area (Å²) in [6.07, 6.45) is 6.90. The lowest BCUT2D eigenvalue weighted by Crippen LogP contribution is -2.53. The predicted octanol–water partition coefficient (Wildman–Crippen LogP) is 4.58. The second-order valence-corrected chi connectivity index (χ2v) is 9.80. The van der Waals surface area contributed by atoms with Gasteiger partial charge in [0, 0.05) is 37.6 Å². The highest BCUT2D eigenvalue weighted by Gasteiger charge is 2.57. The lowest BCUT2D eigenvalue weighted by atomic mass is 9.71. The topological polar surface area (TPSA) is 23.6 Å². The maximum atomic E-state index is 13.3. The fourth-order valence-electron chi connectivity index (χ4n) is 6.16. The van der Waals surface area contributed by atoms with E-state index in [1.54, 1.807) is 11.3 Å². The molecule has 2 aliphatic heterocycles. The number of hydrogen-bond acceptors (Lipinski definition) is 3.